The number of allylic oxidation sites excluding steroid dienone is 2. The molecule has 0 aromatic heterocycles. The Morgan fingerprint density at radius 1 is 1.43 bits per heavy atom. The number of nitrogens with zero attached hydrogens (tertiary/aromatic N) is 1. The molecular weight excluding hydrogens is 296 g/mol. The summed E-state index contributed by atoms with van der Waals surface area (Å²) < 4.78 is 10.1. The second-order valence-electron chi connectivity index (χ2n) is 6.02. The van der Waals surface area contributed by atoms with Crippen molar-refractivity contribution in [2.45, 2.75) is 33.1 Å². The van der Waals surface area contributed by atoms with Crippen LogP contribution < -0.4 is 0 Å². The number of nitriles is 1. The van der Waals surface area contributed by atoms with Crippen molar-refractivity contribution in [3.8, 4) is 6.07 Å². The van der Waals surface area contributed by atoms with Crippen LogP contribution in [0.3, 0.4) is 0 Å². The summed E-state index contributed by atoms with van der Waals surface area (Å²) in [6, 6.07) is 2.22. The molecule has 1 saturated carbocycles. The van der Waals surface area contributed by atoms with Crippen LogP contribution in [0.15, 0.2) is 11.6 Å². The van der Waals surface area contributed by atoms with E-state index in [9.17, 15) is 14.9 Å². The topological polar surface area (TPSA) is 100 Å². The van der Waals surface area contributed by atoms with Crippen LogP contribution in [0.4, 0.5) is 0 Å². The fraction of sp³-hybridized carbons (Fsp3) is 0.647. The molecule has 6 heteroatoms. The second-order valence-corrected chi connectivity index (χ2v) is 6.02. The number of carbonyl (C=O) groups is 2. The summed E-state index contributed by atoms with van der Waals surface area (Å²) in [4.78, 5) is 24.6. The van der Waals surface area contributed by atoms with Gasteiger partial charge in [0, 0.05) is 12.3 Å². The molecule has 1 N–H and O–H groups in total. The number of ether oxygens (including phenoxy) is 2. The zero-order valence-electron chi connectivity index (χ0n) is 13.5. The molecule has 0 aliphatic heterocycles. The molecule has 23 heavy (non-hydrogen) atoms. The van der Waals surface area contributed by atoms with Crippen LogP contribution in [-0.2, 0) is 19.1 Å². The highest BCUT2D eigenvalue weighted by Gasteiger charge is 2.64. The van der Waals surface area contributed by atoms with Crippen LogP contribution in [0.5, 0.6) is 0 Å². The van der Waals surface area contributed by atoms with E-state index in [0.717, 1.165) is 12.0 Å². The average Bonchev–Trinajstić information content (AvgIpc) is 2.83. The molecule has 0 spiro atoms. The lowest BCUT2D eigenvalue weighted by Crippen LogP contribution is -2.55. The Kier molecular flexibility index (Phi) is 5.19. The van der Waals surface area contributed by atoms with Gasteiger partial charge >= 0.3 is 11.9 Å². The lowest BCUT2D eigenvalue weighted by Gasteiger charge is -2.49. The fourth-order valence-corrected chi connectivity index (χ4v) is 3.85. The van der Waals surface area contributed by atoms with Gasteiger partial charge < -0.3 is 14.9 Å². The second kappa shape index (κ2) is 6.95. The molecule has 2 aliphatic carbocycles. The maximum Gasteiger partial charge on any atom is 0.322 e. The molecule has 0 aromatic carbocycles. The van der Waals surface area contributed by atoms with Crippen molar-refractivity contribution in [3.63, 3.8) is 0 Å². The summed E-state index contributed by atoms with van der Waals surface area (Å²) >= 11 is 0. The summed E-state index contributed by atoms with van der Waals surface area (Å²) in [7, 11) is 0. The van der Waals surface area contributed by atoms with Crippen molar-refractivity contribution in [2.75, 3.05) is 13.2 Å². The van der Waals surface area contributed by atoms with Crippen molar-refractivity contribution in [1.82, 2.24) is 0 Å². The predicted octanol–water partition coefficient (Wildman–Crippen LogP) is 2.24. The minimum Gasteiger partial charge on any atom is -0.465 e. The highest BCUT2D eigenvalue weighted by molar-refractivity contribution is 5.96. The van der Waals surface area contributed by atoms with Gasteiger partial charge in [0.15, 0.2) is 5.92 Å². The van der Waals surface area contributed by atoms with Crippen LogP contribution in [0.2, 0.25) is 0 Å². The molecule has 0 unspecified atom stereocenters. The van der Waals surface area contributed by atoms with E-state index in [1.807, 2.05) is 6.08 Å². The van der Waals surface area contributed by atoms with E-state index >= 15 is 0 Å². The van der Waals surface area contributed by atoms with Crippen molar-refractivity contribution in [1.29, 1.82) is 10.7 Å². The van der Waals surface area contributed by atoms with Gasteiger partial charge in [-0.1, -0.05) is 11.6 Å². The molecule has 1 fully saturated rings. The van der Waals surface area contributed by atoms with E-state index < -0.39 is 23.3 Å². The Balaban J connectivity index is 2.32. The van der Waals surface area contributed by atoms with E-state index in [1.54, 1.807) is 13.8 Å². The SMILES string of the molecule is CCOC(=O)C(C(=O)OCC)[C@@]1(C#N)C[C@H]2CC(CC=N)=C[C@H]21. The van der Waals surface area contributed by atoms with Gasteiger partial charge in [0.05, 0.1) is 24.7 Å². The van der Waals surface area contributed by atoms with Gasteiger partial charge in [-0.2, -0.15) is 5.26 Å². The van der Waals surface area contributed by atoms with Crippen molar-refractivity contribution in [2.24, 2.45) is 23.2 Å². The lowest BCUT2D eigenvalue weighted by molar-refractivity contribution is -0.173. The predicted molar refractivity (Wildman–Crippen MR) is 82.5 cm³/mol. The highest BCUT2D eigenvalue weighted by Crippen LogP contribution is 2.61. The van der Waals surface area contributed by atoms with Gasteiger partial charge in [-0.25, -0.2) is 0 Å². The molecule has 0 bridgehead atoms. The molecule has 2 rings (SSSR count). The van der Waals surface area contributed by atoms with E-state index in [4.69, 9.17) is 14.9 Å². The summed E-state index contributed by atoms with van der Waals surface area (Å²) in [5, 5.41) is 17.0. The Hall–Kier alpha value is -2.16. The minimum atomic E-state index is -1.20. The number of hydrogen-bond donors (Lipinski definition) is 1. The first-order chi connectivity index (χ1) is 11.0. The molecule has 0 amide bonds. The summed E-state index contributed by atoms with van der Waals surface area (Å²) in [5.74, 6) is -2.46. The first kappa shape index (κ1) is 17.2. The third kappa shape index (κ3) is 2.88. The zero-order chi connectivity index (χ0) is 17.0. The van der Waals surface area contributed by atoms with Crippen LogP contribution in [-0.4, -0.2) is 31.4 Å². The van der Waals surface area contributed by atoms with E-state index in [1.165, 1.54) is 6.21 Å². The normalized spacial score (nSPS) is 28.2. The average molecular weight is 318 g/mol. The lowest BCUT2D eigenvalue weighted by atomic mass is 9.50. The van der Waals surface area contributed by atoms with Gasteiger partial charge in [0.1, 0.15) is 0 Å². The van der Waals surface area contributed by atoms with Gasteiger partial charge in [-0.05, 0) is 38.8 Å². The maximum absolute atomic E-state index is 12.3. The van der Waals surface area contributed by atoms with Crippen LogP contribution in [0.1, 0.15) is 33.1 Å². The smallest absolute Gasteiger partial charge is 0.322 e. The largest absolute Gasteiger partial charge is 0.465 e. The first-order valence-corrected chi connectivity index (χ1v) is 7.97. The maximum atomic E-state index is 12.3. The molecule has 2 aliphatic rings. The monoisotopic (exact) mass is 318 g/mol. The van der Waals surface area contributed by atoms with Crippen LogP contribution in [0.25, 0.3) is 0 Å². The third-order valence-electron chi connectivity index (χ3n) is 4.77. The van der Waals surface area contributed by atoms with Crippen molar-refractivity contribution < 1.29 is 19.1 Å². The Morgan fingerprint density at radius 2 is 2.04 bits per heavy atom. The quantitative estimate of drug-likeness (QED) is 0.336. The fourth-order valence-electron chi connectivity index (χ4n) is 3.85. The number of hydrogen-bond acceptors (Lipinski definition) is 6. The molecule has 3 atom stereocenters. The number of nitrogens with one attached hydrogen (secondary N) is 1. The summed E-state index contributed by atoms with van der Waals surface area (Å²) in [6.45, 7) is 3.64. The van der Waals surface area contributed by atoms with Gasteiger partial charge in [-0.15, -0.1) is 0 Å². The van der Waals surface area contributed by atoms with E-state index in [2.05, 4.69) is 6.07 Å². The number of esters is 2. The molecule has 0 radical (unpaired) electrons. The zero-order valence-corrected chi connectivity index (χ0v) is 13.5. The summed E-state index contributed by atoms with van der Waals surface area (Å²) in [6.07, 6.45) is 5.15. The molecule has 124 valence electrons. The number of fused-ring (bicyclic) bond motifs is 1. The molecule has 0 aromatic rings. The number of rotatable bonds is 7. The van der Waals surface area contributed by atoms with Gasteiger partial charge in [0.2, 0.25) is 0 Å². The first-order valence-electron chi connectivity index (χ1n) is 7.97. The molecule has 0 heterocycles. The van der Waals surface area contributed by atoms with Crippen LogP contribution >= 0.6 is 0 Å². The third-order valence-corrected chi connectivity index (χ3v) is 4.77. The standard InChI is InChI=1S/C17H22N2O4/c1-3-22-15(20)14(16(21)23-4-2)17(10-19)9-12-7-11(5-6-18)8-13(12)17/h6,8,12-14,18H,3-5,7,9H2,1-2H3/t12-,13-,17-/m1/s1. The van der Waals surface area contributed by atoms with Gasteiger partial charge in [0.25, 0.3) is 0 Å². The Morgan fingerprint density at radius 3 is 2.52 bits per heavy atom. The Labute approximate surface area is 136 Å². The van der Waals surface area contributed by atoms with E-state index in [0.29, 0.717) is 12.8 Å². The Bertz CT molecular complexity index is 560. The van der Waals surface area contributed by atoms with E-state index in [-0.39, 0.29) is 25.0 Å². The molecular formula is C17H22N2O4. The molecule has 6 nitrogen and oxygen atoms in total. The van der Waals surface area contributed by atoms with Crippen LogP contribution in [0, 0.1) is 39.9 Å². The highest BCUT2D eigenvalue weighted by atomic mass is 16.6. The minimum absolute atomic E-state index is 0.152. The summed E-state index contributed by atoms with van der Waals surface area (Å²) in [5.41, 5.74) is 0.00559. The molecule has 0 saturated heterocycles. The van der Waals surface area contributed by atoms with Crippen molar-refractivity contribution in [3.05, 3.63) is 11.6 Å². The van der Waals surface area contributed by atoms with Crippen molar-refractivity contribution >= 4 is 18.2 Å². The number of carbonyl (C=O) groups excluding carboxylic acids is 2. The van der Waals surface area contributed by atoms with Gasteiger partial charge in [-0.3, -0.25) is 9.59 Å².